The number of carbonyl (C=O) groups excluding carboxylic acids is 1. The Balaban J connectivity index is 2.69. The maximum Gasteiger partial charge on any atom is 0.410 e. The lowest BCUT2D eigenvalue weighted by atomic mass is 9.88. The molecule has 1 aliphatic rings. The van der Waals surface area contributed by atoms with Gasteiger partial charge in [-0.1, -0.05) is 13.8 Å². The predicted octanol–water partition coefficient (Wildman–Crippen LogP) is 2.60. The summed E-state index contributed by atoms with van der Waals surface area (Å²) in [4.78, 5) is 24.8. The first-order valence-corrected chi connectivity index (χ1v) is 6.81. The van der Waals surface area contributed by atoms with Crippen molar-refractivity contribution in [2.24, 2.45) is 17.8 Å². The molecule has 5 heteroatoms. The van der Waals surface area contributed by atoms with E-state index in [2.05, 4.69) is 13.8 Å². The first-order chi connectivity index (χ1) is 8.60. The van der Waals surface area contributed by atoms with Crippen molar-refractivity contribution in [2.45, 2.75) is 46.6 Å². The van der Waals surface area contributed by atoms with E-state index in [-0.39, 0.29) is 12.5 Å². The monoisotopic (exact) mass is 271 g/mol. The number of carbonyl (C=O) groups is 2. The number of aliphatic carboxylic acids is 1. The van der Waals surface area contributed by atoms with Gasteiger partial charge in [-0.2, -0.15) is 0 Å². The molecule has 5 nitrogen and oxygen atoms in total. The van der Waals surface area contributed by atoms with E-state index in [4.69, 9.17) is 4.74 Å². The lowest BCUT2D eigenvalue weighted by Crippen LogP contribution is -2.36. The minimum Gasteiger partial charge on any atom is -0.481 e. The van der Waals surface area contributed by atoms with Gasteiger partial charge in [0.2, 0.25) is 0 Å². The predicted molar refractivity (Wildman–Crippen MR) is 71.9 cm³/mol. The van der Waals surface area contributed by atoms with Crippen LogP contribution in [0.1, 0.15) is 41.0 Å². The highest BCUT2D eigenvalue weighted by molar-refractivity contribution is 5.74. The summed E-state index contributed by atoms with van der Waals surface area (Å²) in [5, 5.41) is 9.25. The molecule has 0 saturated carbocycles. The molecule has 19 heavy (non-hydrogen) atoms. The average molecular weight is 271 g/mol. The standard InChI is InChI=1S/C14H25NO4/c1-9(2)6-10-7-15(8-11(10)12(16)17)13(18)19-14(3,4)5/h9-11H,6-8H2,1-5H3,(H,16,17)/t10-,11-/m1/s1. The molecule has 0 aromatic rings. The van der Waals surface area contributed by atoms with Crippen LogP contribution in [0, 0.1) is 17.8 Å². The SMILES string of the molecule is CC(C)C[C@@H]1CN(C(=O)OC(C)(C)C)C[C@H]1C(=O)O. The minimum atomic E-state index is -0.822. The van der Waals surface area contributed by atoms with E-state index in [0.717, 1.165) is 6.42 Å². The summed E-state index contributed by atoms with van der Waals surface area (Å²) in [6, 6.07) is 0. The van der Waals surface area contributed by atoms with Crippen molar-refractivity contribution in [1.82, 2.24) is 4.90 Å². The maximum atomic E-state index is 12.0. The summed E-state index contributed by atoms with van der Waals surface area (Å²) in [6.45, 7) is 10.3. The van der Waals surface area contributed by atoms with Gasteiger partial charge >= 0.3 is 12.1 Å². The fourth-order valence-electron chi connectivity index (χ4n) is 2.47. The van der Waals surface area contributed by atoms with E-state index >= 15 is 0 Å². The Morgan fingerprint density at radius 3 is 2.32 bits per heavy atom. The molecule has 1 fully saturated rings. The lowest BCUT2D eigenvalue weighted by molar-refractivity contribution is -0.142. The van der Waals surface area contributed by atoms with Crippen LogP contribution in [0.5, 0.6) is 0 Å². The molecule has 1 rings (SSSR count). The molecule has 110 valence electrons. The summed E-state index contributed by atoms with van der Waals surface area (Å²) >= 11 is 0. The molecule has 0 aromatic heterocycles. The number of ether oxygens (including phenoxy) is 1. The fourth-order valence-corrected chi connectivity index (χ4v) is 2.47. The highest BCUT2D eigenvalue weighted by atomic mass is 16.6. The van der Waals surface area contributed by atoms with Crippen molar-refractivity contribution in [3.63, 3.8) is 0 Å². The van der Waals surface area contributed by atoms with Crippen LogP contribution in [-0.4, -0.2) is 40.8 Å². The second kappa shape index (κ2) is 5.80. The Labute approximate surface area is 114 Å². The van der Waals surface area contributed by atoms with Gasteiger partial charge < -0.3 is 14.7 Å². The van der Waals surface area contributed by atoms with Crippen LogP contribution in [0.3, 0.4) is 0 Å². The molecule has 1 amide bonds. The summed E-state index contributed by atoms with van der Waals surface area (Å²) < 4.78 is 5.30. The molecular formula is C14H25NO4. The van der Waals surface area contributed by atoms with Crippen molar-refractivity contribution >= 4 is 12.1 Å². The molecule has 0 spiro atoms. The Kier molecular flexibility index (Phi) is 4.82. The Morgan fingerprint density at radius 1 is 1.32 bits per heavy atom. The summed E-state index contributed by atoms with van der Waals surface area (Å²) in [5.41, 5.74) is -0.550. The largest absolute Gasteiger partial charge is 0.481 e. The Hall–Kier alpha value is -1.26. The first kappa shape index (κ1) is 15.8. The molecule has 1 N–H and O–H groups in total. The van der Waals surface area contributed by atoms with Gasteiger partial charge in [-0.05, 0) is 39.0 Å². The number of amides is 1. The highest BCUT2D eigenvalue weighted by Crippen LogP contribution is 2.30. The van der Waals surface area contributed by atoms with Crippen LogP contribution >= 0.6 is 0 Å². The van der Waals surface area contributed by atoms with E-state index in [1.54, 1.807) is 20.8 Å². The Bertz CT molecular complexity index is 346. The molecule has 0 unspecified atom stereocenters. The zero-order valence-corrected chi connectivity index (χ0v) is 12.5. The lowest BCUT2D eigenvalue weighted by Gasteiger charge is -2.24. The van der Waals surface area contributed by atoms with Crippen molar-refractivity contribution in [1.29, 1.82) is 0 Å². The van der Waals surface area contributed by atoms with Crippen LogP contribution in [0.15, 0.2) is 0 Å². The number of carboxylic acids is 1. The normalized spacial score (nSPS) is 23.8. The van der Waals surface area contributed by atoms with E-state index in [9.17, 15) is 14.7 Å². The van der Waals surface area contributed by atoms with Gasteiger partial charge in [0, 0.05) is 13.1 Å². The van der Waals surface area contributed by atoms with Crippen LogP contribution in [0.4, 0.5) is 4.79 Å². The third kappa shape index (κ3) is 4.73. The van der Waals surface area contributed by atoms with Crippen molar-refractivity contribution in [3.8, 4) is 0 Å². The van der Waals surface area contributed by atoms with Crippen molar-refractivity contribution < 1.29 is 19.4 Å². The molecule has 1 heterocycles. The molecule has 1 saturated heterocycles. The third-order valence-electron chi connectivity index (χ3n) is 3.18. The first-order valence-electron chi connectivity index (χ1n) is 6.81. The average Bonchev–Trinajstić information content (AvgIpc) is 2.57. The summed E-state index contributed by atoms with van der Waals surface area (Å²) in [5.74, 6) is -0.859. The number of hydrogen-bond acceptors (Lipinski definition) is 3. The van der Waals surface area contributed by atoms with Crippen LogP contribution in [-0.2, 0) is 9.53 Å². The topological polar surface area (TPSA) is 66.8 Å². The smallest absolute Gasteiger partial charge is 0.410 e. The molecule has 0 aliphatic carbocycles. The number of likely N-dealkylation sites (tertiary alicyclic amines) is 1. The number of hydrogen-bond donors (Lipinski definition) is 1. The van der Waals surface area contributed by atoms with Gasteiger partial charge in [-0.25, -0.2) is 4.79 Å². The van der Waals surface area contributed by atoms with Gasteiger partial charge in [-0.15, -0.1) is 0 Å². The molecular weight excluding hydrogens is 246 g/mol. The van der Waals surface area contributed by atoms with E-state index in [1.165, 1.54) is 4.90 Å². The molecule has 0 radical (unpaired) electrons. The van der Waals surface area contributed by atoms with Crippen molar-refractivity contribution in [3.05, 3.63) is 0 Å². The van der Waals surface area contributed by atoms with Crippen LogP contribution in [0.25, 0.3) is 0 Å². The van der Waals surface area contributed by atoms with Gasteiger partial charge in [0.05, 0.1) is 5.92 Å². The second-order valence-electron chi connectivity index (χ2n) is 6.72. The number of carboxylic acid groups (broad SMARTS) is 1. The maximum absolute atomic E-state index is 12.0. The highest BCUT2D eigenvalue weighted by Gasteiger charge is 2.40. The molecule has 2 atom stereocenters. The summed E-state index contributed by atoms with van der Waals surface area (Å²) in [6.07, 6.45) is 0.404. The van der Waals surface area contributed by atoms with Crippen LogP contribution in [0.2, 0.25) is 0 Å². The fraction of sp³-hybridized carbons (Fsp3) is 0.857. The van der Waals surface area contributed by atoms with Crippen molar-refractivity contribution in [2.75, 3.05) is 13.1 Å². The molecule has 0 bridgehead atoms. The quantitative estimate of drug-likeness (QED) is 0.856. The van der Waals surface area contributed by atoms with Gasteiger partial charge in [0.15, 0.2) is 0 Å². The van der Waals surface area contributed by atoms with E-state index in [1.807, 2.05) is 0 Å². The number of nitrogens with zero attached hydrogens (tertiary/aromatic N) is 1. The van der Waals surface area contributed by atoms with Gasteiger partial charge in [0.25, 0.3) is 0 Å². The summed E-state index contributed by atoms with van der Waals surface area (Å²) in [7, 11) is 0. The zero-order chi connectivity index (χ0) is 14.8. The van der Waals surface area contributed by atoms with E-state index in [0.29, 0.717) is 12.5 Å². The Morgan fingerprint density at radius 2 is 1.89 bits per heavy atom. The van der Waals surface area contributed by atoms with Crippen LogP contribution < -0.4 is 0 Å². The van der Waals surface area contributed by atoms with E-state index < -0.39 is 23.6 Å². The zero-order valence-electron chi connectivity index (χ0n) is 12.5. The van der Waals surface area contributed by atoms with Gasteiger partial charge in [0.1, 0.15) is 5.60 Å². The molecule has 1 aliphatic heterocycles. The minimum absolute atomic E-state index is 0.0185. The molecule has 0 aromatic carbocycles. The third-order valence-corrected chi connectivity index (χ3v) is 3.18. The number of rotatable bonds is 3. The second-order valence-corrected chi connectivity index (χ2v) is 6.72. The van der Waals surface area contributed by atoms with Gasteiger partial charge in [-0.3, -0.25) is 4.79 Å².